The topological polar surface area (TPSA) is 58.6 Å². The molecule has 2 saturated heterocycles. The average Bonchev–Trinajstić information content (AvgIpc) is 2.96. The van der Waals surface area contributed by atoms with Gasteiger partial charge in [-0.25, -0.2) is 0 Å². The molecule has 3 heterocycles. The number of morpholine rings is 1. The third-order valence-corrected chi connectivity index (χ3v) is 6.00. The summed E-state index contributed by atoms with van der Waals surface area (Å²) in [7, 11) is 0. The van der Waals surface area contributed by atoms with Gasteiger partial charge in [-0.05, 0) is 30.2 Å². The van der Waals surface area contributed by atoms with Gasteiger partial charge in [-0.15, -0.1) is 0 Å². The molecule has 140 valence electrons. The molecule has 27 heavy (non-hydrogen) atoms. The standard InChI is InChI=1S/C19H20N4O2S2/c24-18-17(13-14-2-3-15-16(12-14)21-5-4-20-15)27-19(26)23(18)7-1-6-22-8-10-25-11-9-22/h2-5,12-13H,1,6-11H2/b17-13+. The molecule has 0 aliphatic carbocycles. The number of amides is 1. The smallest absolute Gasteiger partial charge is 0.266 e. The summed E-state index contributed by atoms with van der Waals surface area (Å²) < 4.78 is 6.00. The van der Waals surface area contributed by atoms with Crippen LogP contribution in [0.15, 0.2) is 35.5 Å². The van der Waals surface area contributed by atoms with Gasteiger partial charge in [-0.2, -0.15) is 0 Å². The summed E-state index contributed by atoms with van der Waals surface area (Å²) in [5.74, 6) is -0.00813. The molecule has 2 fully saturated rings. The van der Waals surface area contributed by atoms with Crippen molar-refractivity contribution >= 4 is 51.3 Å². The zero-order valence-corrected chi connectivity index (χ0v) is 16.5. The van der Waals surface area contributed by atoms with Crippen LogP contribution in [-0.4, -0.2) is 69.4 Å². The zero-order valence-electron chi connectivity index (χ0n) is 14.8. The van der Waals surface area contributed by atoms with Gasteiger partial charge < -0.3 is 4.74 Å². The van der Waals surface area contributed by atoms with Gasteiger partial charge in [0, 0.05) is 38.6 Å². The summed E-state index contributed by atoms with van der Waals surface area (Å²) in [6.07, 6.45) is 6.13. The number of thiocarbonyl (C=S) groups is 1. The maximum absolute atomic E-state index is 12.8. The van der Waals surface area contributed by atoms with E-state index in [4.69, 9.17) is 17.0 Å². The van der Waals surface area contributed by atoms with Gasteiger partial charge in [-0.1, -0.05) is 30.0 Å². The van der Waals surface area contributed by atoms with Crippen LogP contribution >= 0.6 is 24.0 Å². The van der Waals surface area contributed by atoms with Crippen molar-refractivity contribution in [2.24, 2.45) is 0 Å². The fraction of sp³-hybridized carbons (Fsp3) is 0.368. The second-order valence-corrected chi connectivity index (χ2v) is 8.12. The fourth-order valence-electron chi connectivity index (χ4n) is 3.19. The quantitative estimate of drug-likeness (QED) is 0.565. The first-order chi connectivity index (χ1) is 13.2. The third-order valence-electron chi connectivity index (χ3n) is 4.62. The van der Waals surface area contributed by atoms with Crippen molar-refractivity contribution in [3.63, 3.8) is 0 Å². The molecule has 0 radical (unpaired) electrons. The van der Waals surface area contributed by atoms with Crippen molar-refractivity contribution in [1.82, 2.24) is 19.8 Å². The summed E-state index contributed by atoms with van der Waals surface area (Å²) in [5, 5.41) is 0. The van der Waals surface area contributed by atoms with Gasteiger partial charge in [0.15, 0.2) is 0 Å². The first-order valence-corrected chi connectivity index (χ1v) is 10.2. The predicted octanol–water partition coefficient (Wildman–Crippen LogP) is 2.55. The highest BCUT2D eigenvalue weighted by atomic mass is 32.2. The van der Waals surface area contributed by atoms with E-state index in [1.54, 1.807) is 17.3 Å². The van der Waals surface area contributed by atoms with E-state index in [9.17, 15) is 4.79 Å². The normalized spacial score (nSPS) is 20.1. The summed E-state index contributed by atoms with van der Waals surface area (Å²) in [6.45, 7) is 5.12. The maximum atomic E-state index is 12.8. The average molecular weight is 401 g/mol. The van der Waals surface area contributed by atoms with Crippen LogP contribution in [0.5, 0.6) is 0 Å². The molecular formula is C19H20N4O2S2. The number of thioether (sulfide) groups is 1. The van der Waals surface area contributed by atoms with E-state index in [-0.39, 0.29) is 5.91 Å². The van der Waals surface area contributed by atoms with Gasteiger partial charge in [0.25, 0.3) is 5.91 Å². The minimum absolute atomic E-state index is 0.00813. The number of rotatable bonds is 5. The first kappa shape index (κ1) is 18.5. The van der Waals surface area contributed by atoms with Crippen molar-refractivity contribution in [1.29, 1.82) is 0 Å². The van der Waals surface area contributed by atoms with Crippen molar-refractivity contribution in [2.75, 3.05) is 39.4 Å². The van der Waals surface area contributed by atoms with Crippen LogP contribution in [0, 0.1) is 0 Å². The molecule has 1 aromatic carbocycles. The minimum atomic E-state index is -0.00813. The summed E-state index contributed by atoms with van der Waals surface area (Å²) in [5.41, 5.74) is 2.58. The molecule has 1 aromatic heterocycles. The molecular weight excluding hydrogens is 380 g/mol. The minimum Gasteiger partial charge on any atom is -0.379 e. The molecule has 6 nitrogen and oxygen atoms in total. The van der Waals surface area contributed by atoms with E-state index in [1.165, 1.54) is 11.8 Å². The van der Waals surface area contributed by atoms with Gasteiger partial charge in [0.05, 0.1) is 29.2 Å². The Kier molecular flexibility index (Phi) is 5.77. The van der Waals surface area contributed by atoms with E-state index in [0.717, 1.165) is 55.9 Å². The highest BCUT2D eigenvalue weighted by Crippen LogP contribution is 2.32. The van der Waals surface area contributed by atoms with E-state index in [2.05, 4.69) is 14.9 Å². The number of carbonyl (C=O) groups is 1. The fourth-order valence-corrected chi connectivity index (χ4v) is 4.50. The van der Waals surface area contributed by atoms with E-state index >= 15 is 0 Å². The summed E-state index contributed by atoms with van der Waals surface area (Å²) in [4.78, 5) is 26.1. The van der Waals surface area contributed by atoms with Crippen LogP contribution < -0.4 is 0 Å². The molecule has 0 saturated carbocycles. The monoisotopic (exact) mass is 400 g/mol. The molecule has 8 heteroatoms. The molecule has 2 aliphatic rings. The number of aromatic nitrogens is 2. The largest absolute Gasteiger partial charge is 0.379 e. The van der Waals surface area contributed by atoms with E-state index in [0.29, 0.717) is 15.8 Å². The van der Waals surface area contributed by atoms with Crippen molar-refractivity contribution in [2.45, 2.75) is 6.42 Å². The molecule has 1 amide bonds. The molecule has 0 atom stereocenters. The number of fused-ring (bicyclic) bond motifs is 1. The Morgan fingerprint density at radius 3 is 2.74 bits per heavy atom. The number of hydrogen-bond donors (Lipinski definition) is 0. The number of nitrogens with zero attached hydrogens (tertiary/aromatic N) is 4. The maximum Gasteiger partial charge on any atom is 0.266 e. The lowest BCUT2D eigenvalue weighted by molar-refractivity contribution is -0.122. The van der Waals surface area contributed by atoms with Crippen LogP contribution in [0.2, 0.25) is 0 Å². The second-order valence-electron chi connectivity index (χ2n) is 6.45. The number of carbonyl (C=O) groups excluding carboxylic acids is 1. The van der Waals surface area contributed by atoms with Gasteiger partial charge in [0.2, 0.25) is 0 Å². The molecule has 0 unspecified atom stereocenters. The summed E-state index contributed by atoms with van der Waals surface area (Å²) in [6, 6.07) is 5.80. The molecule has 0 spiro atoms. The Bertz CT molecular complexity index is 896. The number of ether oxygens (including phenoxy) is 1. The summed E-state index contributed by atoms with van der Waals surface area (Å²) >= 11 is 6.80. The highest BCUT2D eigenvalue weighted by Gasteiger charge is 2.31. The lowest BCUT2D eigenvalue weighted by atomic mass is 10.1. The Balaban J connectivity index is 1.41. The Morgan fingerprint density at radius 1 is 1.15 bits per heavy atom. The lowest BCUT2D eigenvalue weighted by Crippen LogP contribution is -2.38. The second kappa shape index (κ2) is 8.43. The van der Waals surface area contributed by atoms with Crippen LogP contribution in [0.25, 0.3) is 17.1 Å². The zero-order chi connectivity index (χ0) is 18.6. The first-order valence-electron chi connectivity index (χ1n) is 8.97. The highest BCUT2D eigenvalue weighted by molar-refractivity contribution is 8.26. The Labute approximate surface area is 167 Å². The third kappa shape index (κ3) is 4.35. The van der Waals surface area contributed by atoms with Crippen LogP contribution in [0.3, 0.4) is 0 Å². The SMILES string of the molecule is O=C1/C(=C\c2ccc3nccnc3c2)SC(=S)N1CCCN1CCOCC1. The van der Waals surface area contributed by atoms with Crippen molar-refractivity contribution < 1.29 is 9.53 Å². The molecule has 2 aromatic rings. The van der Waals surface area contributed by atoms with Gasteiger partial charge in [-0.3, -0.25) is 24.6 Å². The van der Waals surface area contributed by atoms with E-state index in [1.807, 2.05) is 24.3 Å². The van der Waals surface area contributed by atoms with Crippen LogP contribution in [0.1, 0.15) is 12.0 Å². The predicted molar refractivity (Wildman–Crippen MR) is 111 cm³/mol. The molecule has 2 aliphatic heterocycles. The van der Waals surface area contributed by atoms with Crippen molar-refractivity contribution in [3.05, 3.63) is 41.1 Å². The van der Waals surface area contributed by atoms with Crippen LogP contribution in [0.4, 0.5) is 0 Å². The number of benzene rings is 1. The Morgan fingerprint density at radius 2 is 1.93 bits per heavy atom. The number of hydrogen-bond acceptors (Lipinski definition) is 7. The molecule has 4 rings (SSSR count). The molecule has 0 N–H and O–H groups in total. The van der Waals surface area contributed by atoms with Crippen LogP contribution in [-0.2, 0) is 9.53 Å². The van der Waals surface area contributed by atoms with Gasteiger partial charge in [0.1, 0.15) is 4.32 Å². The molecule has 0 bridgehead atoms. The van der Waals surface area contributed by atoms with Crippen molar-refractivity contribution in [3.8, 4) is 0 Å². The van der Waals surface area contributed by atoms with E-state index < -0.39 is 0 Å². The Hall–Kier alpha value is -1.87. The lowest BCUT2D eigenvalue weighted by Gasteiger charge is -2.27. The van der Waals surface area contributed by atoms with Gasteiger partial charge >= 0.3 is 0 Å².